The Balaban J connectivity index is 2.12. The van der Waals surface area contributed by atoms with Crippen LogP contribution in [0.3, 0.4) is 0 Å². The third kappa shape index (κ3) is 6.33. The Morgan fingerprint density at radius 1 is 1.33 bits per heavy atom. The Kier molecular flexibility index (Phi) is 6.92. The molecular formula is C18H24ClN5O3. The Morgan fingerprint density at radius 3 is 2.70 bits per heavy atom. The van der Waals surface area contributed by atoms with Crippen LogP contribution in [-0.2, 0) is 0 Å². The van der Waals surface area contributed by atoms with Crippen LogP contribution in [0, 0.1) is 5.92 Å². The zero-order chi connectivity index (χ0) is 20.0. The minimum atomic E-state index is -0.620. The summed E-state index contributed by atoms with van der Waals surface area (Å²) in [5, 5.41) is 2.68. The normalized spacial score (nSPS) is 13.1. The largest absolute Gasteiger partial charge is 0.475 e. The van der Waals surface area contributed by atoms with Crippen molar-refractivity contribution in [1.29, 1.82) is 0 Å². The van der Waals surface area contributed by atoms with Gasteiger partial charge in [-0.3, -0.25) is 0 Å². The first-order valence-corrected chi connectivity index (χ1v) is 8.87. The number of nitrogens with two attached hydrogens (primary N) is 1. The van der Waals surface area contributed by atoms with Crippen LogP contribution in [0.25, 0.3) is 11.3 Å². The minimum Gasteiger partial charge on any atom is -0.475 e. The standard InChI is InChI=1S/C18H24ClN5O3/c1-11(2)7-18(3,20)9-26-16-13(19)5-12(8-22-16)14-6-15(24-10-23-14)27-17(25)21-4/h5-6,8,10-11H,7,9,20H2,1-4H3,(H,21,25)/t18-/m0/s1. The number of ether oxygens (including phenoxy) is 2. The fraction of sp³-hybridized carbons (Fsp3) is 0.444. The number of rotatable bonds is 7. The topological polar surface area (TPSA) is 112 Å². The average molecular weight is 394 g/mol. The van der Waals surface area contributed by atoms with Crippen LogP contribution in [0.4, 0.5) is 4.79 Å². The molecule has 0 aliphatic carbocycles. The van der Waals surface area contributed by atoms with E-state index in [1.54, 1.807) is 12.3 Å². The molecule has 0 aliphatic rings. The lowest BCUT2D eigenvalue weighted by molar-refractivity contribution is 0.200. The first-order chi connectivity index (χ1) is 12.7. The van der Waals surface area contributed by atoms with E-state index in [9.17, 15) is 4.79 Å². The Bertz CT molecular complexity index is 798. The van der Waals surface area contributed by atoms with Crippen molar-refractivity contribution in [2.75, 3.05) is 13.7 Å². The predicted molar refractivity (Wildman–Crippen MR) is 103 cm³/mol. The van der Waals surface area contributed by atoms with E-state index >= 15 is 0 Å². The van der Waals surface area contributed by atoms with Crippen molar-refractivity contribution in [3.05, 3.63) is 29.7 Å². The second-order valence-electron chi connectivity index (χ2n) is 6.93. The number of hydrogen-bond donors (Lipinski definition) is 2. The van der Waals surface area contributed by atoms with Gasteiger partial charge in [0.25, 0.3) is 0 Å². The lowest BCUT2D eigenvalue weighted by atomic mass is 9.93. The molecule has 0 aromatic carbocycles. The SMILES string of the molecule is CNC(=O)Oc1cc(-c2cnc(OC[C@@](C)(N)CC(C)C)c(Cl)c2)ncn1. The fourth-order valence-electron chi connectivity index (χ4n) is 2.60. The van der Waals surface area contributed by atoms with Crippen molar-refractivity contribution >= 4 is 17.7 Å². The summed E-state index contributed by atoms with van der Waals surface area (Å²) in [6.07, 6.45) is 3.06. The van der Waals surface area contributed by atoms with Crippen molar-refractivity contribution in [2.45, 2.75) is 32.7 Å². The lowest BCUT2D eigenvalue weighted by Gasteiger charge is -2.26. The highest BCUT2D eigenvalue weighted by Gasteiger charge is 2.22. The summed E-state index contributed by atoms with van der Waals surface area (Å²) in [6, 6.07) is 3.19. The third-order valence-corrected chi connectivity index (χ3v) is 3.83. The van der Waals surface area contributed by atoms with Crippen LogP contribution in [0.5, 0.6) is 11.8 Å². The van der Waals surface area contributed by atoms with Crippen molar-refractivity contribution in [2.24, 2.45) is 11.7 Å². The monoisotopic (exact) mass is 393 g/mol. The van der Waals surface area contributed by atoms with Crippen molar-refractivity contribution in [3.63, 3.8) is 0 Å². The van der Waals surface area contributed by atoms with E-state index in [4.69, 9.17) is 26.8 Å². The fourth-order valence-corrected chi connectivity index (χ4v) is 2.82. The van der Waals surface area contributed by atoms with Gasteiger partial charge in [0.1, 0.15) is 18.0 Å². The van der Waals surface area contributed by atoms with Gasteiger partial charge in [0.15, 0.2) is 0 Å². The van der Waals surface area contributed by atoms with E-state index in [0.29, 0.717) is 34.7 Å². The second kappa shape index (κ2) is 8.96. The summed E-state index contributed by atoms with van der Waals surface area (Å²) in [7, 11) is 1.46. The summed E-state index contributed by atoms with van der Waals surface area (Å²) in [4.78, 5) is 23.6. The molecule has 0 saturated heterocycles. The van der Waals surface area contributed by atoms with Crippen molar-refractivity contribution < 1.29 is 14.3 Å². The predicted octanol–water partition coefficient (Wildman–Crippen LogP) is 3.05. The van der Waals surface area contributed by atoms with Gasteiger partial charge in [-0.2, -0.15) is 0 Å². The molecule has 2 aromatic heterocycles. The van der Waals surface area contributed by atoms with Gasteiger partial charge < -0.3 is 20.5 Å². The molecule has 0 fully saturated rings. The molecule has 0 radical (unpaired) electrons. The molecule has 9 heteroatoms. The number of pyridine rings is 1. The molecule has 0 unspecified atom stereocenters. The maximum Gasteiger partial charge on any atom is 0.413 e. The summed E-state index contributed by atoms with van der Waals surface area (Å²) < 4.78 is 10.7. The molecule has 1 atom stereocenters. The van der Waals surface area contributed by atoms with Crippen LogP contribution in [-0.4, -0.2) is 40.2 Å². The number of amides is 1. The number of carbonyl (C=O) groups is 1. The van der Waals surface area contributed by atoms with Gasteiger partial charge in [-0.05, 0) is 25.3 Å². The molecule has 27 heavy (non-hydrogen) atoms. The number of hydrogen-bond acceptors (Lipinski definition) is 7. The number of nitrogens with zero attached hydrogens (tertiary/aromatic N) is 3. The molecular weight excluding hydrogens is 370 g/mol. The average Bonchev–Trinajstić information content (AvgIpc) is 2.59. The Morgan fingerprint density at radius 2 is 2.07 bits per heavy atom. The van der Waals surface area contributed by atoms with E-state index in [1.165, 1.54) is 19.4 Å². The third-order valence-electron chi connectivity index (χ3n) is 3.56. The maximum atomic E-state index is 11.3. The molecule has 2 heterocycles. The summed E-state index contributed by atoms with van der Waals surface area (Å²) in [6.45, 7) is 6.45. The summed E-state index contributed by atoms with van der Waals surface area (Å²) >= 11 is 6.29. The molecule has 2 aromatic rings. The number of halogens is 1. The van der Waals surface area contributed by atoms with Crippen molar-refractivity contribution in [3.8, 4) is 23.0 Å². The van der Waals surface area contributed by atoms with E-state index in [0.717, 1.165) is 6.42 Å². The second-order valence-corrected chi connectivity index (χ2v) is 7.34. The van der Waals surface area contributed by atoms with Crippen LogP contribution in [0.2, 0.25) is 5.02 Å². The molecule has 0 spiro atoms. The molecule has 0 bridgehead atoms. The molecule has 0 saturated carbocycles. The molecule has 1 amide bonds. The van der Waals surface area contributed by atoms with Gasteiger partial charge in [0.05, 0.1) is 5.69 Å². The smallest absolute Gasteiger partial charge is 0.413 e. The highest BCUT2D eigenvalue weighted by molar-refractivity contribution is 6.32. The highest BCUT2D eigenvalue weighted by Crippen LogP contribution is 2.28. The molecule has 3 N–H and O–H groups in total. The molecule has 146 valence electrons. The lowest BCUT2D eigenvalue weighted by Crippen LogP contribution is -2.43. The maximum absolute atomic E-state index is 11.3. The van der Waals surface area contributed by atoms with Gasteiger partial charge in [-0.25, -0.2) is 19.7 Å². The van der Waals surface area contributed by atoms with Crippen molar-refractivity contribution in [1.82, 2.24) is 20.3 Å². The Hall–Kier alpha value is -2.45. The first-order valence-electron chi connectivity index (χ1n) is 8.49. The van der Waals surface area contributed by atoms with Crippen LogP contribution < -0.4 is 20.5 Å². The van der Waals surface area contributed by atoms with Crippen LogP contribution in [0.15, 0.2) is 24.7 Å². The van der Waals surface area contributed by atoms with Crippen LogP contribution >= 0.6 is 11.6 Å². The number of nitrogens with one attached hydrogen (secondary N) is 1. The minimum absolute atomic E-state index is 0.114. The quantitative estimate of drug-likeness (QED) is 0.743. The van der Waals surface area contributed by atoms with E-state index in [-0.39, 0.29) is 5.88 Å². The van der Waals surface area contributed by atoms with Crippen LogP contribution in [0.1, 0.15) is 27.2 Å². The van der Waals surface area contributed by atoms with Gasteiger partial charge >= 0.3 is 6.09 Å². The molecule has 2 rings (SSSR count). The number of carbonyl (C=O) groups excluding carboxylic acids is 1. The highest BCUT2D eigenvalue weighted by atomic mass is 35.5. The van der Waals surface area contributed by atoms with Gasteiger partial charge in [0.2, 0.25) is 11.8 Å². The van der Waals surface area contributed by atoms with Gasteiger partial charge in [0, 0.05) is 30.4 Å². The van der Waals surface area contributed by atoms with Gasteiger partial charge in [-0.1, -0.05) is 25.4 Å². The zero-order valence-electron chi connectivity index (χ0n) is 15.8. The summed E-state index contributed by atoms with van der Waals surface area (Å²) in [5.74, 6) is 0.874. The first kappa shape index (κ1) is 20.9. The molecule has 8 nitrogen and oxygen atoms in total. The summed E-state index contributed by atoms with van der Waals surface area (Å²) in [5.41, 5.74) is 6.91. The van der Waals surface area contributed by atoms with E-state index in [1.807, 2.05) is 6.92 Å². The number of aromatic nitrogens is 3. The van der Waals surface area contributed by atoms with Gasteiger partial charge in [-0.15, -0.1) is 0 Å². The van der Waals surface area contributed by atoms with E-state index in [2.05, 4.69) is 34.1 Å². The Labute approximate surface area is 163 Å². The zero-order valence-corrected chi connectivity index (χ0v) is 16.6. The molecule has 0 aliphatic heterocycles. The van der Waals surface area contributed by atoms with E-state index < -0.39 is 11.6 Å².